The average molecular weight is 219 g/mol. The van der Waals surface area contributed by atoms with Gasteiger partial charge in [0.25, 0.3) is 0 Å². The molecule has 3 atom stereocenters. The van der Waals surface area contributed by atoms with E-state index in [1.54, 1.807) is 6.20 Å². The third-order valence-electron chi connectivity index (χ3n) is 3.64. The molecule has 2 aliphatic rings. The number of nitrogens with zero attached hydrogens (tertiary/aromatic N) is 3. The molecule has 86 valence electrons. The van der Waals surface area contributed by atoms with Gasteiger partial charge in [0, 0.05) is 25.2 Å². The van der Waals surface area contributed by atoms with Crippen LogP contribution in [0.25, 0.3) is 0 Å². The maximum atomic E-state index is 5.40. The number of ether oxygens (including phenoxy) is 1. The van der Waals surface area contributed by atoms with E-state index in [2.05, 4.69) is 14.9 Å². The van der Waals surface area contributed by atoms with Crippen LogP contribution in [-0.2, 0) is 0 Å². The van der Waals surface area contributed by atoms with Gasteiger partial charge in [-0.2, -0.15) is 0 Å². The second kappa shape index (κ2) is 4.01. The van der Waals surface area contributed by atoms with Gasteiger partial charge in [-0.05, 0) is 25.8 Å². The third kappa shape index (κ3) is 1.67. The minimum Gasteiger partial charge on any atom is -0.477 e. The van der Waals surface area contributed by atoms with Crippen LogP contribution in [0.5, 0.6) is 5.88 Å². The average Bonchev–Trinajstić information content (AvgIpc) is 2.91. The van der Waals surface area contributed by atoms with E-state index in [4.69, 9.17) is 4.74 Å². The molecule has 2 aliphatic heterocycles. The second-order valence-corrected chi connectivity index (χ2v) is 4.63. The molecule has 2 fully saturated rings. The van der Waals surface area contributed by atoms with Crippen molar-refractivity contribution in [2.24, 2.45) is 5.92 Å². The molecule has 0 spiro atoms. The maximum Gasteiger partial charge on any atom is 0.232 e. The Bertz CT molecular complexity index is 382. The van der Waals surface area contributed by atoms with Crippen LogP contribution < -0.4 is 4.74 Å². The standard InChI is InChI=1S/C12H17N3O/c1-2-16-12-6-13-5-11(14-12)10-8-15-4-3-9(10)7-15/h5-6,9-10H,2-4,7-8H2,1H3/t9-,10+/m1/s1. The van der Waals surface area contributed by atoms with E-state index in [0.29, 0.717) is 18.4 Å². The first-order chi connectivity index (χ1) is 7.86. The first-order valence-electron chi connectivity index (χ1n) is 6.04. The lowest BCUT2D eigenvalue weighted by Gasteiger charge is -2.21. The van der Waals surface area contributed by atoms with Crippen molar-refractivity contribution in [3.63, 3.8) is 0 Å². The molecule has 3 rings (SSSR count). The summed E-state index contributed by atoms with van der Waals surface area (Å²) in [5, 5.41) is 0. The summed E-state index contributed by atoms with van der Waals surface area (Å²) in [4.78, 5) is 11.3. The lowest BCUT2D eigenvalue weighted by Crippen LogP contribution is -2.22. The fraction of sp³-hybridized carbons (Fsp3) is 0.667. The highest BCUT2D eigenvalue weighted by Gasteiger charge is 2.39. The Morgan fingerprint density at radius 2 is 2.38 bits per heavy atom. The van der Waals surface area contributed by atoms with Gasteiger partial charge in [-0.1, -0.05) is 0 Å². The van der Waals surface area contributed by atoms with Crippen LogP contribution in [0.2, 0.25) is 0 Å². The first-order valence-corrected chi connectivity index (χ1v) is 6.04. The summed E-state index contributed by atoms with van der Waals surface area (Å²) in [6.07, 6.45) is 4.90. The summed E-state index contributed by atoms with van der Waals surface area (Å²) in [6.45, 7) is 6.27. The Labute approximate surface area is 95.7 Å². The molecule has 4 nitrogen and oxygen atoms in total. The summed E-state index contributed by atoms with van der Waals surface area (Å²) >= 11 is 0. The molecule has 4 heteroatoms. The molecule has 16 heavy (non-hydrogen) atoms. The van der Waals surface area contributed by atoms with E-state index in [1.807, 2.05) is 13.1 Å². The second-order valence-electron chi connectivity index (χ2n) is 4.63. The minimum absolute atomic E-state index is 0.571. The fourth-order valence-electron chi connectivity index (χ4n) is 2.88. The number of fused-ring (bicyclic) bond motifs is 2. The predicted molar refractivity (Wildman–Crippen MR) is 60.5 cm³/mol. The van der Waals surface area contributed by atoms with Gasteiger partial charge in [-0.3, -0.25) is 4.98 Å². The molecule has 3 heterocycles. The molecule has 1 aromatic heterocycles. The summed E-state index contributed by atoms with van der Waals surface area (Å²) in [5.41, 5.74) is 1.11. The van der Waals surface area contributed by atoms with E-state index < -0.39 is 0 Å². The topological polar surface area (TPSA) is 38.2 Å². The third-order valence-corrected chi connectivity index (χ3v) is 3.64. The van der Waals surface area contributed by atoms with Crippen LogP contribution >= 0.6 is 0 Å². The summed E-state index contributed by atoms with van der Waals surface area (Å²) in [5.74, 6) is 2.02. The quantitative estimate of drug-likeness (QED) is 0.768. The zero-order chi connectivity index (χ0) is 11.0. The van der Waals surface area contributed by atoms with E-state index in [0.717, 1.165) is 18.2 Å². The van der Waals surface area contributed by atoms with Crippen LogP contribution in [0.15, 0.2) is 12.4 Å². The van der Waals surface area contributed by atoms with Gasteiger partial charge < -0.3 is 9.64 Å². The van der Waals surface area contributed by atoms with Gasteiger partial charge in [0.1, 0.15) is 0 Å². The van der Waals surface area contributed by atoms with Gasteiger partial charge in [0.2, 0.25) is 5.88 Å². The lowest BCUT2D eigenvalue weighted by atomic mass is 9.90. The summed E-state index contributed by atoms with van der Waals surface area (Å²) < 4.78 is 5.40. The van der Waals surface area contributed by atoms with Crippen molar-refractivity contribution in [3.8, 4) is 5.88 Å². The normalized spacial score (nSPS) is 31.9. The van der Waals surface area contributed by atoms with Gasteiger partial charge in [0.05, 0.1) is 18.5 Å². The van der Waals surface area contributed by atoms with Crippen molar-refractivity contribution >= 4 is 0 Å². The van der Waals surface area contributed by atoms with Gasteiger partial charge in [-0.15, -0.1) is 0 Å². The van der Waals surface area contributed by atoms with E-state index in [1.165, 1.54) is 19.5 Å². The van der Waals surface area contributed by atoms with Crippen molar-refractivity contribution < 1.29 is 4.74 Å². The van der Waals surface area contributed by atoms with Crippen molar-refractivity contribution in [1.82, 2.24) is 14.9 Å². The van der Waals surface area contributed by atoms with Gasteiger partial charge >= 0.3 is 0 Å². The highest BCUT2D eigenvalue weighted by Crippen LogP contribution is 2.38. The van der Waals surface area contributed by atoms with E-state index in [9.17, 15) is 0 Å². The highest BCUT2D eigenvalue weighted by atomic mass is 16.5. The van der Waals surface area contributed by atoms with Crippen LogP contribution in [0.4, 0.5) is 0 Å². The molecule has 1 aromatic rings. The zero-order valence-electron chi connectivity index (χ0n) is 9.59. The van der Waals surface area contributed by atoms with Crippen LogP contribution in [0.3, 0.4) is 0 Å². The molecule has 2 saturated heterocycles. The Balaban J connectivity index is 1.81. The molecule has 1 unspecified atom stereocenters. The first kappa shape index (κ1) is 10.0. The molecule has 0 amide bonds. The van der Waals surface area contributed by atoms with E-state index >= 15 is 0 Å². The smallest absolute Gasteiger partial charge is 0.232 e. The Hall–Kier alpha value is -1.16. The number of aromatic nitrogens is 2. The monoisotopic (exact) mass is 219 g/mol. The molecule has 0 N–H and O–H groups in total. The number of piperidine rings is 1. The minimum atomic E-state index is 0.571. The van der Waals surface area contributed by atoms with Crippen molar-refractivity contribution in [1.29, 1.82) is 0 Å². The highest BCUT2D eigenvalue weighted by molar-refractivity contribution is 5.16. The maximum absolute atomic E-state index is 5.40. The van der Waals surface area contributed by atoms with Gasteiger partial charge in [-0.25, -0.2) is 4.98 Å². The predicted octanol–water partition coefficient (Wildman–Crippen LogP) is 1.29. The largest absolute Gasteiger partial charge is 0.477 e. The molecular weight excluding hydrogens is 202 g/mol. The number of hydrogen-bond acceptors (Lipinski definition) is 4. The summed E-state index contributed by atoms with van der Waals surface area (Å²) in [7, 11) is 0. The van der Waals surface area contributed by atoms with Crippen molar-refractivity contribution in [2.45, 2.75) is 19.3 Å². The molecule has 0 aromatic carbocycles. The summed E-state index contributed by atoms with van der Waals surface area (Å²) in [6, 6.07) is 0. The Kier molecular flexibility index (Phi) is 2.52. The molecule has 0 radical (unpaired) electrons. The van der Waals surface area contributed by atoms with Crippen LogP contribution in [0.1, 0.15) is 25.0 Å². The Morgan fingerprint density at radius 3 is 3.06 bits per heavy atom. The van der Waals surface area contributed by atoms with Crippen LogP contribution in [-0.4, -0.2) is 41.1 Å². The molecule has 0 aliphatic carbocycles. The lowest BCUT2D eigenvalue weighted by molar-refractivity contribution is 0.317. The van der Waals surface area contributed by atoms with Gasteiger partial charge in [0.15, 0.2) is 0 Å². The molecular formula is C12H17N3O. The number of hydrogen-bond donors (Lipinski definition) is 0. The van der Waals surface area contributed by atoms with Crippen molar-refractivity contribution in [3.05, 3.63) is 18.1 Å². The fourth-order valence-corrected chi connectivity index (χ4v) is 2.88. The van der Waals surface area contributed by atoms with Crippen LogP contribution in [0, 0.1) is 5.92 Å². The van der Waals surface area contributed by atoms with Crippen molar-refractivity contribution in [2.75, 3.05) is 26.2 Å². The van der Waals surface area contributed by atoms with E-state index in [-0.39, 0.29) is 0 Å². The number of rotatable bonds is 3. The molecule has 0 saturated carbocycles. The SMILES string of the molecule is CCOc1cncc([C@H]2CN3CC[C@@H]2C3)n1. The Morgan fingerprint density at radius 1 is 1.44 bits per heavy atom. The molecule has 2 bridgehead atoms. The zero-order valence-corrected chi connectivity index (χ0v) is 9.59.